The quantitative estimate of drug-likeness (QED) is 0.607. The molecule has 19 heavy (non-hydrogen) atoms. The second kappa shape index (κ2) is 5.23. The van der Waals surface area contributed by atoms with E-state index in [0.717, 1.165) is 0 Å². The van der Waals surface area contributed by atoms with E-state index in [-0.39, 0.29) is 6.61 Å². The van der Waals surface area contributed by atoms with Crippen molar-refractivity contribution in [2.45, 2.75) is 26.2 Å². The van der Waals surface area contributed by atoms with Crippen molar-refractivity contribution in [1.82, 2.24) is 9.55 Å². The highest BCUT2D eigenvalue weighted by Crippen LogP contribution is 2.19. The molecule has 2 rings (SSSR count). The zero-order valence-corrected chi connectivity index (χ0v) is 10.6. The van der Waals surface area contributed by atoms with Crippen LogP contribution in [0.15, 0.2) is 27.9 Å². The molecule has 2 heterocycles. The number of aromatic nitrogens is 2. The summed E-state index contributed by atoms with van der Waals surface area (Å²) >= 11 is 0. The lowest BCUT2D eigenvalue weighted by atomic mass is 10.3. The smallest absolute Gasteiger partial charge is 0.330 e. The number of carbonyl (C=O) groups is 1. The van der Waals surface area contributed by atoms with E-state index in [1.165, 1.54) is 17.7 Å². The number of H-pyrrole nitrogens is 1. The Morgan fingerprint density at radius 2 is 2.21 bits per heavy atom. The van der Waals surface area contributed by atoms with Gasteiger partial charge in [0.15, 0.2) is 6.23 Å². The molecule has 0 saturated heterocycles. The molecular formula is C12H14N2O5. The number of nitrogens with zero attached hydrogens (tertiary/aromatic N) is 1. The first-order valence-corrected chi connectivity index (χ1v) is 5.76. The Labute approximate surface area is 108 Å². The van der Waals surface area contributed by atoms with Crippen molar-refractivity contribution >= 4 is 5.97 Å². The fourth-order valence-corrected chi connectivity index (χ4v) is 1.72. The largest absolute Gasteiger partial charge is 0.463 e. The molecule has 0 fully saturated rings. The first-order chi connectivity index (χ1) is 8.97. The van der Waals surface area contributed by atoms with Crippen LogP contribution >= 0.6 is 0 Å². The average Bonchev–Trinajstić information content (AvgIpc) is 2.80. The van der Waals surface area contributed by atoms with Crippen LogP contribution in [0.4, 0.5) is 0 Å². The molecule has 1 aromatic heterocycles. The van der Waals surface area contributed by atoms with Crippen molar-refractivity contribution in [3.05, 3.63) is 44.8 Å². The number of aryl methyl sites for hydroxylation is 1. The van der Waals surface area contributed by atoms with Gasteiger partial charge >= 0.3 is 11.7 Å². The van der Waals surface area contributed by atoms with Gasteiger partial charge in [-0.25, -0.2) is 4.79 Å². The first kappa shape index (κ1) is 13.3. The molecule has 2 atom stereocenters. The van der Waals surface area contributed by atoms with E-state index < -0.39 is 29.6 Å². The van der Waals surface area contributed by atoms with Crippen LogP contribution in [0.1, 0.15) is 18.7 Å². The standard InChI is InChI=1S/C12H14N2O5/c1-7-5-14(12(17)13-11(7)16)10-4-3-9(19-10)6-18-8(2)15/h3-5,9-10H,6H2,1-2H3,(H,13,16,17). The minimum absolute atomic E-state index is 0.0966. The zero-order valence-electron chi connectivity index (χ0n) is 10.6. The van der Waals surface area contributed by atoms with Crippen LogP contribution in [-0.2, 0) is 14.3 Å². The lowest BCUT2D eigenvalue weighted by Gasteiger charge is -2.16. The van der Waals surface area contributed by atoms with E-state index in [4.69, 9.17) is 9.47 Å². The van der Waals surface area contributed by atoms with E-state index in [0.29, 0.717) is 5.56 Å². The molecule has 0 saturated carbocycles. The van der Waals surface area contributed by atoms with Gasteiger partial charge in [-0.3, -0.25) is 19.1 Å². The predicted molar refractivity (Wildman–Crippen MR) is 65.7 cm³/mol. The van der Waals surface area contributed by atoms with E-state index in [1.54, 1.807) is 19.1 Å². The Bertz CT molecular complexity index is 628. The van der Waals surface area contributed by atoms with Gasteiger partial charge in [0.2, 0.25) is 0 Å². The van der Waals surface area contributed by atoms with Crippen LogP contribution in [0, 0.1) is 6.92 Å². The van der Waals surface area contributed by atoms with Crippen LogP contribution in [0.2, 0.25) is 0 Å². The molecule has 1 aliphatic heterocycles. The van der Waals surface area contributed by atoms with Crippen molar-refractivity contribution < 1.29 is 14.3 Å². The summed E-state index contributed by atoms with van der Waals surface area (Å²) in [5.74, 6) is -0.391. The molecular weight excluding hydrogens is 252 g/mol. The Balaban J connectivity index is 2.12. The predicted octanol–water partition coefficient (Wildman–Crippen LogP) is -0.138. The molecule has 0 amide bonds. The second-order valence-electron chi connectivity index (χ2n) is 4.23. The number of aromatic amines is 1. The van der Waals surface area contributed by atoms with Crippen molar-refractivity contribution in [3.63, 3.8) is 0 Å². The minimum Gasteiger partial charge on any atom is -0.463 e. The third kappa shape index (κ3) is 3.00. The number of nitrogens with one attached hydrogen (secondary N) is 1. The Morgan fingerprint density at radius 1 is 1.47 bits per heavy atom. The highest BCUT2D eigenvalue weighted by molar-refractivity contribution is 5.65. The molecule has 7 heteroatoms. The van der Waals surface area contributed by atoms with Gasteiger partial charge in [-0.15, -0.1) is 0 Å². The molecule has 0 bridgehead atoms. The van der Waals surface area contributed by atoms with E-state index in [2.05, 4.69) is 4.98 Å². The van der Waals surface area contributed by atoms with Gasteiger partial charge in [-0.2, -0.15) is 0 Å². The summed E-state index contributed by atoms with van der Waals surface area (Å²) in [5, 5.41) is 0. The van der Waals surface area contributed by atoms with Crippen molar-refractivity contribution in [2.24, 2.45) is 0 Å². The highest BCUT2D eigenvalue weighted by atomic mass is 16.6. The third-order valence-corrected chi connectivity index (χ3v) is 2.68. The van der Waals surface area contributed by atoms with Crippen LogP contribution in [0.5, 0.6) is 0 Å². The summed E-state index contributed by atoms with van der Waals surface area (Å²) in [6.45, 7) is 3.01. The number of hydrogen-bond donors (Lipinski definition) is 1. The summed E-state index contributed by atoms with van der Waals surface area (Å²) in [7, 11) is 0. The number of rotatable bonds is 3. The number of carbonyl (C=O) groups excluding carboxylic acids is 1. The van der Waals surface area contributed by atoms with Gasteiger partial charge in [0.05, 0.1) is 0 Å². The van der Waals surface area contributed by atoms with Crippen molar-refractivity contribution in [3.8, 4) is 0 Å². The lowest BCUT2D eigenvalue weighted by molar-refractivity contribution is -0.145. The maximum atomic E-state index is 11.7. The number of ether oxygens (including phenoxy) is 2. The van der Waals surface area contributed by atoms with E-state index in [1.807, 2.05) is 0 Å². The molecule has 1 aliphatic rings. The highest BCUT2D eigenvalue weighted by Gasteiger charge is 2.22. The third-order valence-electron chi connectivity index (χ3n) is 2.68. The van der Waals surface area contributed by atoms with Gasteiger partial charge in [0.25, 0.3) is 5.56 Å². The summed E-state index contributed by atoms with van der Waals surface area (Å²) in [4.78, 5) is 35.8. The SMILES string of the molecule is CC(=O)OCC1C=CC(n2cc(C)c(=O)[nH]c2=O)O1. The van der Waals surface area contributed by atoms with Gasteiger partial charge in [0, 0.05) is 18.7 Å². The first-order valence-electron chi connectivity index (χ1n) is 5.76. The molecule has 1 N–H and O–H groups in total. The fourth-order valence-electron chi connectivity index (χ4n) is 1.72. The van der Waals surface area contributed by atoms with Crippen molar-refractivity contribution in [1.29, 1.82) is 0 Å². The molecule has 7 nitrogen and oxygen atoms in total. The van der Waals surface area contributed by atoms with Crippen LogP contribution in [-0.4, -0.2) is 28.2 Å². The normalized spacial score (nSPS) is 21.6. The molecule has 0 aromatic carbocycles. The molecule has 2 unspecified atom stereocenters. The Kier molecular flexibility index (Phi) is 3.66. The summed E-state index contributed by atoms with van der Waals surface area (Å²) < 4.78 is 11.6. The monoisotopic (exact) mass is 266 g/mol. The number of esters is 1. The summed E-state index contributed by atoms with van der Waals surface area (Å²) in [6.07, 6.45) is 3.81. The lowest BCUT2D eigenvalue weighted by Crippen LogP contribution is -2.33. The minimum atomic E-state index is -0.608. The molecule has 1 aromatic rings. The Hall–Kier alpha value is -2.15. The van der Waals surface area contributed by atoms with Gasteiger partial charge in [-0.1, -0.05) is 6.08 Å². The second-order valence-corrected chi connectivity index (χ2v) is 4.23. The van der Waals surface area contributed by atoms with Crippen LogP contribution in [0.25, 0.3) is 0 Å². The van der Waals surface area contributed by atoms with Crippen LogP contribution < -0.4 is 11.2 Å². The molecule has 0 radical (unpaired) electrons. The van der Waals surface area contributed by atoms with Crippen molar-refractivity contribution in [2.75, 3.05) is 6.61 Å². The zero-order chi connectivity index (χ0) is 14.0. The topological polar surface area (TPSA) is 90.4 Å². The van der Waals surface area contributed by atoms with Gasteiger partial charge in [0.1, 0.15) is 12.7 Å². The fraction of sp³-hybridized carbons (Fsp3) is 0.417. The maximum absolute atomic E-state index is 11.7. The molecule has 0 spiro atoms. The van der Waals surface area contributed by atoms with Gasteiger partial charge < -0.3 is 9.47 Å². The Morgan fingerprint density at radius 3 is 2.89 bits per heavy atom. The van der Waals surface area contributed by atoms with E-state index >= 15 is 0 Å². The molecule has 102 valence electrons. The van der Waals surface area contributed by atoms with Crippen LogP contribution in [0.3, 0.4) is 0 Å². The maximum Gasteiger partial charge on any atom is 0.330 e. The average molecular weight is 266 g/mol. The van der Waals surface area contributed by atoms with E-state index in [9.17, 15) is 14.4 Å². The summed E-state index contributed by atoms with van der Waals surface area (Å²) in [6, 6.07) is 0. The summed E-state index contributed by atoms with van der Waals surface area (Å²) in [5.41, 5.74) is -0.543. The van der Waals surface area contributed by atoms with Gasteiger partial charge in [-0.05, 0) is 13.0 Å². The number of hydrogen-bond acceptors (Lipinski definition) is 5. The molecule has 0 aliphatic carbocycles.